The fraction of sp³-hybridized carbons (Fsp3) is 0.385. The molecule has 0 unspecified atom stereocenters. The van der Waals surface area contributed by atoms with Crippen LogP contribution in [-0.2, 0) is 16.6 Å². The van der Waals surface area contributed by atoms with Gasteiger partial charge in [0, 0.05) is 13.2 Å². The second-order valence-corrected chi connectivity index (χ2v) is 4.94. The predicted molar refractivity (Wildman–Crippen MR) is 74.7 cm³/mol. The van der Waals surface area contributed by atoms with Crippen LogP contribution in [0.4, 0.5) is 19.1 Å². The van der Waals surface area contributed by atoms with Crippen LogP contribution in [0.25, 0.3) is 0 Å². The average molecular weight is 342 g/mol. The first-order valence-electron chi connectivity index (χ1n) is 6.97. The van der Waals surface area contributed by atoms with Crippen molar-refractivity contribution in [1.29, 1.82) is 0 Å². The molecule has 0 saturated carbocycles. The van der Waals surface area contributed by atoms with Crippen LogP contribution in [0.1, 0.15) is 18.7 Å². The number of allylic oxidation sites excluding steroid dienone is 1. The molecule has 0 fully saturated rings. The van der Waals surface area contributed by atoms with Gasteiger partial charge in [-0.05, 0) is 13.0 Å². The summed E-state index contributed by atoms with van der Waals surface area (Å²) >= 11 is 0. The van der Waals surface area contributed by atoms with Crippen molar-refractivity contribution in [3.8, 4) is 0 Å². The van der Waals surface area contributed by atoms with Crippen LogP contribution >= 0.6 is 0 Å². The van der Waals surface area contributed by atoms with Gasteiger partial charge in [0.2, 0.25) is 5.95 Å². The molecule has 2 aromatic rings. The molecular weight excluding hydrogens is 329 g/mol. The third kappa shape index (κ3) is 2.51. The van der Waals surface area contributed by atoms with Gasteiger partial charge in [-0.3, -0.25) is 4.68 Å². The van der Waals surface area contributed by atoms with Gasteiger partial charge in [0.25, 0.3) is 0 Å². The third-order valence-corrected chi connectivity index (χ3v) is 3.52. The highest BCUT2D eigenvalue weighted by molar-refractivity contribution is 5.92. The van der Waals surface area contributed by atoms with Crippen molar-refractivity contribution in [1.82, 2.24) is 24.5 Å². The number of aryl methyl sites for hydroxylation is 1. The molecule has 11 heteroatoms. The second kappa shape index (κ2) is 5.65. The number of aromatic nitrogens is 5. The van der Waals surface area contributed by atoms with Crippen molar-refractivity contribution < 1.29 is 22.7 Å². The number of esters is 1. The number of hydrogen-bond acceptors (Lipinski definition) is 6. The zero-order valence-corrected chi connectivity index (χ0v) is 12.7. The van der Waals surface area contributed by atoms with E-state index in [2.05, 4.69) is 20.5 Å². The van der Waals surface area contributed by atoms with E-state index in [-0.39, 0.29) is 12.6 Å². The number of nitrogens with one attached hydrogen (secondary N) is 1. The van der Waals surface area contributed by atoms with Gasteiger partial charge in [0.1, 0.15) is 18.1 Å². The van der Waals surface area contributed by atoms with Crippen LogP contribution < -0.4 is 5.32 Å². The lowest BCUT2D eigenvalue weighted by atomic mass is 9.99. The lowest BCUT2D eigenvalue weighted by Gasteiger charge is -2.29. The second-order valence-electron chi connectivity index (χ2n) is 4.94. The van der Waals surface area contributed by atoms with Gasteiger partial charge < -0.3 is 10.1 Å². The summed E-state index contributed by atoms with van der Waals surface area (Å²) in [6.07, 6.45) is -2.27. The van der Waals surface area contributed by atoms with Gasteiger partial charge >= 0.3 is 12.1 Å². The summed E-state index contributed by atoms with van der Waals surface area (Å²) < 4.78 is 47.9. The Morgan fingerprint density at radius 3 is 2.75 bits per heavy atom. The Morgan fingerprint density at radius 1 is 1.42 bits per heavy atom. The summed E-state index contributed by atoms with van der Waals surface area (Å²) in [7, 11) is 1.56. The van der Waals surface area contributed by atoms with Crippen LogP contribution in [0.2, 0.25) is 0 Å². The number of rotatable bonds is 3. The van der Waals surface area contributed by atoms with Crippen molar-refractivity contribution in [2.75, 3.05) is 11.9 Å². The number of halogens is 3. The number of anilines is 1. The Hall–Kier alpha value is -2.85. The quantitative estimate of drug-likeness (QED) is 0.849. The van der Waals surface area contributed by atoms with Crippen molar-refractivity contribution in [2.45, 2.75) is 19.1 Å². The van der Waals surface area contributed by atoms with Crippen LogP contribution in [-0.4, -0.2) is 43.3 Å². The summed E-state index contributed by atoms with van der Waals surface area (Å²) in [6, 6.07) is 0.348. The molecule has 24 heavy (non-hydrogen) atoms. The van der Waals surface area contributed by atoms with Gasteiger partial charge in [0.15, 0.2) is 0 Å². The summed E-state index contributed by atoms with van der Waals surface area (Å²) in [4.78, 5) is 16.1. The highest BCUT2D eigenvalue weighted by Crippen LogP contribution is 2.40. The number of fused-ring (bicyclic) bond motifs is 1. The first kappa shape index (κ1) is 16.0. The standard InChI is InChI=1S/C13H13F3N6O2/c1-3-24-11(23)8-9(7-4-5-18-21(7)2)22-12(17-6-19-22)20-10(8)13(14,15)16/h4-6,9H,3H2,1-2H3,(H,17,19,20)/t9-/m0/s1. The Kier molecular flexibility index (Phi) is 3.78. The van der Waals surface area contributed by atoms with E-state index in [4.69, 9.17) is 4.74 Å². The van der Waals surface area contributed by atoms with E-state index in [1.165, 1.54) is 28.6 Å². The molecule has 3 heterocycles. The van der Waals surface area contributed by atoms with Gasteiger partial charge in [-0.15, -0.1) is 0 Å². The monoisotopic (exact) mass is 342 g/mol. The SMILES string of the molecule is CCOC(=O)C1=C(C(F)(F)F)Nc2ncnn2[C@H]1c1ccnn1C. The van der Waals surface area contributed by atoms with Crippen molar-refractivity contribution >= 4 is 11.9 Å². The summed E-state index contributed by atoms with van der Waals surface area (Å²) in [5.74, 6) is -1.20. The number of carbonyl (C=O) groups is 1. The normalized spacial score (nSPS) is 17.5. The number of nitrogens with zero attached hydrogens (tertiary/aromatic N) is 5. The molecule has 1 N–H and O–H groups in total. The van der Waals surface area contributed by atoms with E-state index in [1.54, 1.807) is 7.05 Å². The third-order valence-electron chi connectivity index (χ3n) is 3.52. The molecule has 2 aromatic heterocycles. The van der Waals surface area contributed by atoms with Gasteiger partial charge in [-0.1, -0.05) is 0 Å². The Bertz CT molecular complexity index is 807. The van der Waals surface area contributed by atoms with Crippen molar-refractivity contribution in [3.05, 3.63) is 35.6 Å². The van der Waals surface area contributed by atoms with Crippen molar-refractivity contribution in [3.63, 3.8) is 0 Å². The molecule has 0 bridgehead atoms. The average Bonchev–Trinajstić information content (AvgIpc) is 3.13. The molecule has 3 rings (SSSR count). The van der Waals surface area contributed by atoms with Gasteiger partial charge in [-0.2, -0.15) is 28.4 Å². The lowest BCUT2D eigenvalue weighted by Crippen LogP contribution is -2.36. The van der Waals surface area contributed by atoms with Crippen LogP contribution in [0, 0.1) is 0 Å². The number of hydrogen-bond donors (Lipinski definition) is 1. The van der Waals surface area contributed by atoms with E-state index in [9.17, 15) is 18.0 Å². The number of carbonyl (C=O) groups excluding carboxylic acids is 1. The molecule has 0 aromatic carbocycles. The van der Waals surface area contributed by atoms with E-state index >= 15 is 0 Å². The van der Waals surface area contributed by atoms with E-state index in [0.717, 1.165) is 6.33 Å². The molecule has 0 radical (unpaired) electrons. The molecule has 0 spiro atoms. The Balaban J connectivity index is 2.26. The maximum absolute atomic E-state index is 13.5. The number of ether oxygens (including phenoxy) is 1. The predicted octanol–water partition coefficient (Wildman–Crippen LogP) is 1.41. The van der Waals surface area contributed by atoms with Gasteiger partial charge in [-0.25, -0.2) is 9.48 Å². The minimum atomic E-state index is -4.80. The van der Waals surface area contributed by atoms with Crippen LogP contribution in [0.5, 0.6) is 0 Å². The Labute approximate surface area is 133 Å². The van der Waals surface area contributed by atoms with E-state index < -0.39 is 29.5 Å². The molecule has 1 aliphatic heterocycles. The molecular formula is C13H13F3N6O2. The molecule has 1 atom stereocenters. The van der Waals surface area contributed by atoms with Crippen LogP contribution in [0.3, 0.4) is 0 Å². The van der Waals surface area contributed by atoms with E-state index in [1.807, 2.05) is 0 Å². The smallest absolute Gasteiger partial charge is 0.431 e. The maximum atomic E-state index is 13.5. The molecule has 8 nitrogen and oxygen atoms in total. The first-order valence-corrected chi connectivity index (χ1v) is 6.97. The lowest BCUT2D eigenvalue weighted by molar-refractivity contribution is -0.140. The zero-order valence-electron chi connectivity index (χ0n) is 12.7. The summed E-state index contributed by atoms with van der Waals surface area (Å²) in [5.41, 5.74) is -1.47. The number of alkyl halides is 3. The minimum absolute atomic E-state index is 0.0597. The molecule has 0 aliphatic carbocycles. The fourth-order valence-corrected chi connectivity index (χ4v) is 2.54. The fourth-order valence-electron chi connectivity index (χ4n) is 2.54. The Morgan fingerprint density at radius 2 is 2.17 bits per heavy atom. The highest BCUT2D eigenvalue weighted by Gasteiger charge is 2.47. The molecule has 0 amide bonds. The van der Waals surface area contributed by atoms with Crippen molar-refractivity contribution in [2.24, 2.45) is 7.05 Å². The minimum Gasteiger partial charge on any atom is -0.463 e. The van der Waals surface area contributed by atoms with Gasteiger partial charge in [0.05, 0.1) is 17.9 Å². The molecule has 128 valence electrons. The summed E-state index contributed by atoms with van der Waals surface area (Å²) in [6.45, 7) is 1.46. The zero-order chi connectivity index (χ0) is 17.5. The van der Waals surface area contributed by atoms with Crippen LogP contribution in [0.15, 0.2) is 29.9 Å². The summed E-state index contributed by atoms with van der Waals surface area (Å²) in [5, 5.41) is 10.0. The largest absolute Gasteiger partial charge is 0.463 e. The molecule has 1 aliphatic rings. The van der Waals surface area contributed by atoms with E-state index in [0.29, 0.717) is 5.69 Å². The highest BCUT2D eigenvalue weighted by atomic mass is 19.4. The maximum Gasteiger partial charge on any atom is 0.431 e. The topological polar surface area (TPSA) is 86.9 Å². The first-order chi connectivity index (χ1) is 11.3. The molecule has 0 saturated heterocycles.